The van der Waals surface area contributed by atoms with Crippen LogP contribution in [0.1, 0.15) is 27.0 Å². The van der Waals surface area contributed by atoms with Crippen molar-refractivity contribution in [2.45, 2.75) is 20.0 Å². The Labute approximate surface area is 179 Å². The molecule has 0 spiro atoms. The predicted octanol–water partition coefficient (Wildman–Crippen LogP) is 3.52. The fourth-order valence-electron chi connectivity index (χ4n) is 2.63. The molecule has 0 bridgehead atoms. The lowest BCUT2D eigenvalue weighted by atomic mass is 10.1. The Morgan fingerprint density at radius 1 is 0.963 bits per heavy atom. The van der Waals surface area contributed by atoms with Crippen molar-refractivity contribution in [2.24, 2.45) is 4.99 Å². The van der Waals surface area contributed by atoms with Crippen molar-refractivity contribution < 1.29 is 4.79 Å². The van der Waals surface area contributed by atoms with Gasteiger partial charge in [0.1, 0.15) is 0 Å². The number of carbonyl (C=O) groups is 1. The maximum atomic E-state index is 11.9. The van der Waals surface area contributed by atoms with Crippen molar-refractivity contribution in [1.29, 1.82) is 0 Å². The molecule has 5 nitrogen and oxygen atoms in total. The summed E-state index contributed by atoms with van der Waals surface area (Å²) in [5.41, 5.74) is 4.30. The first-order valence-electron chi connectivity index (χ1n) is 8.68. The molecule has 0 aliphatic carbocycles. The van der Waals surface area contributed by atoms with E-state index in [0.29, 0.717) is 12.1 Å². The third-order valence-electron chi connectivity index (χ3n) is 4.17. The van der Waals surface area contributed by atoms with Gasteiger partial charge in [-0.15, -0.1) is 24.0 Å². The monoisotopic (exact) mass is 480 g/mol. The Balaban J connectivity index is 0.00000364. The van der Waals surface area contributed by atoms with Crippen LogP contribution in [0.4, 0.5) is 0 Å². The van der Waals surface area contributed by atoms with Gasteiger partial charge in [0.05, 0.1) is 0 Å². The Morgan fingerprint density at radius 3 is 2.04 bits per heavy atom. The summed E-state index contributed by atoms with van der Waals surface area (Å²) in [6, 6.07) is 16.2. The number of amides is 1. The summed E-state index contributed by atoms with van der Waals surface area (Å²) in [7, 11) is 7.32. The van der Waals surface area contributed by atoms with Crippen molar-refractivity contribution in [3.8, 4) is 0 Å². The summed E-state index contributed by atoms with van der Waals surface area (Å²) in [6.07, 6.45) is 0. The van der Waals surface area contributed by atoms with Gasteiger partial charge in [-0.05, 0) is 30.2 Å². The zero-order valence-electron chi connectivity index (χ0n) is 16.7. The normalized spacial score (nSPS) is 10.8. The number of nitrogens with zero attached hydrogens (tertiary/aromatic N) is 3. The van der Waals surface area contributed by atoms with Gasteiger partial charge in [0.2, 0.25) is 0 Å². The fourth-order valence-corrected chi connectivity index (χ4v) is 2.63. The highest BCUT2D eigenvalue weighted by molar-refractivity contribution is 14.0. The first-order valence-corrected chi connectivity index (χ1v) is 8.68. The zero-order chi connectivity index (χ0) is 19.1. The SMILES string of the molecule is CN=C(NCc1ccc(C(=O)N(C)C)cc1)N(C)Cc1ccc(C)cc1.I. The number of halogens is 1. The van der Waals surface area contributed by atoms with E-state index in [1.165, 1.54) is 11.1 Å². The van der Waals surface area contributed by atoms with Gasteiger partial charge in [-0.1, -0.05) is 42.0 Å². The molecule has 0 saturated heterocycles. The van der Waals surface area contributed by atoms with Crippen LogP contribution >= 0.6 is 24.0 Å². The number of nitrogens with one attached hydrogen (secondary N) is 1. The molecule has 0 aromatic heterocycles. The van der Waals surface area contributed by atoms with Gasteiger partial charge >= 0.3 is 0 Å². The molecule has 1 amide bonds. The highest BCUT2D eigenvalue weighted by atomic mass is 127. The van der Waals surface area contributed by atoms with Crippen molar-refractivity contribution in [3.63, 3.8) is 0 Å². The molecule has 0 fully saturated rings. The average Bonchev–Trinajstić information content (AvgIpc) is 2.64. The Morgan fingerprint density at radius 2 is 1.52 bits per heavy atom. The number of hydrogen-bond acceptors (Lipinski definition) is 2. The number of guanidine groups is 1. The topological polar surface area (TPSA) is 47.9 Å². The van der Waals surface area contributed by atoms with Crippen LogP contribution in [0, 0.1) is 6.92 Å². The lowest BCUT2D eigenvalue weighted by Crippen LogP contribution is -2.38. The molecule has 0 aliphatic rings. The number of carbonyl (C=O) groups excluding carboxylic acids is 1. The van der Waals surface area contributed by atoms with E-state index >= 15 is 0 Å². The summed E-state index contributed by atoms with van der Waals surface area (Å²) in [6.45, 7) is 3.53. The molecule has 2 aromatic rings. The minimum atomic E-state index is 0. The number of aliphatic imine (C=N–C) groups is 1. The van der Waals surface area contributed by atoms with Crippen LogP contribution in [-0.4, -0.2) is 49.9 Å². The fraction of sp³-hybridized carbons (Fsp3) is 0.333. The number of benzene rings is 2. The minimum Gasteiger partial charge on any atom is -0.352 e. The van der Waals surface area contributed by atoms with Crippen LogP contribution in [0.15, 0.2) is 53.5 Å². The van der Waals surface area contributed by atoms with Gasteiger partial charge in [-0.3, -0.25) is 9.79 Å². The van der Waals surface area contributed by atoms with Gasteiger partial charge in [0.15, 0.2) is 5.96 Å². The number of aryl methyl sites for hydroxylation is 1. The van der Waals surface area contributed by atoms with Crippen molar-refractivity contribution in [1.82, 2.24) is 15.1 Å². The summed E-state index contributed by atoms with van der Waals surface area (Å²) < 4.78 is 0. The summed E-state index contributed by atoms with van der Waals surface area (Å²) >= 11 is 0. The molecule has 0 radical (unpaired) electrons. The third-order valence-corrected chi connectivity index (χ3v) is 4.17. The molecule has 2 rings (SSSR count). The van der Waals surface area contributed by atoms with Crippen molar-refractivity contribution in [3.05, 3.63) is 70.8 Å². The summed E-state index contributed by atoms with van der Waals surface area (Å²) in [4.78, 5) is 20.0. The third kappa shape index (κ3) is 6.86. The van der Waals surface area contributed by atoms with Crippen molar-refractivity contribution >= 4 is 35.8 Å². The molecule has 2 aromatic carbocycles. The van der Waals surface area contributed by atoms with E-state index in [4.69, 9.17) is 0 Å². The predicted molar refractivity (Wildman–Crippen MR) is 123 cm³/mol. The second-order valence-electron chi connectivity index (χ2n) is 6.64. The van der Waals surface area contributed by atoms with Gasteiger partial charge in [0, 0.05) is 46.8 Å². The van der Waals surface area contributed by atoms with E-state index in [1.54, 1.807) is 26.0 Å². The molecule has 0 aliphatic heterocycles. The molecular formula is C21H29IN4O. The number of hydrogen-bond donors (Lipinski definition) is 1. The molecule has 1 N–H and O–H groups in total. The van der Waals surface area contributed by atoms with E-state index in [-0.39, 0.29) is 29.9 Å². The highest BCUT2D eigenvalue weighted by Crippen LogP contribution is 2.08. The van der Waals surface area contributed by atoms with Crippen LogP contribution in [-0.2, 0) is 13.1 Å². The second-order valence-corrected chi connectivity index (χ2v) is 6.64. The Kier molecular flexibility index (Phi) is 9.28. The van der Waals surface area contributed by atoms with Gasteiger partial charge in [0.25, 0.3) is 5.91 Å². The lowest BCUT2D eigenvalue weighted by Gasteiger charge is -2.22. The molecule has 6 heteroatoms. The molecule has 0 atom stereocenters. The van der Waals surface area contributed by atoms with Gasteiger partial charge in [-0.2, -0.15) is 0 Å². The quantitative estimate of drug-likeness (QED) is 0.405. The first-order chi connectivity index (χ1) is 12.4. The van der Waals surface area contributed by atoms with Crippen LogP contribution in [0.25, 0.3) is 0 Å². The maximum Gasteiger partial charge on any atom is 0.253 e. The molecule has 0 saturated carbocycles. The van der Waals surface area contributed by atoms with Crippen LogP contribution in [0.2, 0.25) is 0 Å². The minimum absolute atomic E-state index is 0. The Hall–Kier alpha value is -2.09. The summed E-state index contributed by atoms with van der Waals surface area (Å²) in [5, 5.41) is 3.37. The van der Waals surface area contributed by atoms with Crippen LogP contribution in [0.3, 0.4) is 0 Å². The first kappa shape index (κ1) is 23.0. The standard InChI is InChI=1S/C21H28N4O.HI/c1-16-6-8-18(9-7-16)15-25(5)21(22-2)23-14-17-10-12-19(13-11-17)20(26)24(3)4;/h6-13H,14-15H2,1-5H3,(H,22,23);1H. The average molecular weight is 480 g/mol. The van der Waals surface area contributed by atoms with Crippen LogP contribution < -0.4 is 5.32 Å². The zero-order valence-corrected chi connectivity index (χ0v) is 19.0. The van der Waals surface area contributed by atoms with Crippen LogP contribution in [0.5, 0.6) is 0 Å². The van der Waals surface area contributed by atoms with Gasteiger partial charge < -0.3 is 15.1 Å². The maximum absolute atomic E-state index is 11.9. The molecular weight excluding hydrogens is 451 g/mol. The van der Waals surface area contributed by atoms with E-state index in [0.717, 1.165) is 18.1 Å². The van der Waals surface area contributed by atoms with Gasteiger partial charge in [-0.25, -0.2) is 0 Å². The highest BCUT2D eigenvalue weighted by Gasteiger charge is 2.09. The molecule has 27 heavy (non-hydrogen) atoms. The second kappa shape index (κ2) is 10.9. The summed E-state index contributed by atoms with van der Waals surface area (Å²) in [5.74, 6) is 0.845. The largest absolute Gasteiger partial charge is 0.352 e. The Bertz CT molecular complexity index is 755. The van der Waals surface area contributed by atoms with Crippen molar-refractivity contribution in [2.75, 3.05) is 28.2 Å². The molecule has 146 valence electrons. The van der Waals surface area contributed by atoms with E-state index < -0.39 is 0 Å². The van der Waals surface area contributed by atoms with E-state index in [1.807, 2.05) is 31.3 Å². The number of rotatable bonds is 5. The van der Waals surface area contributed by atoms with E-state index in [9.17, 15) is 4.79 Å². The smallest absolute Gasteiger partial charge is 0.253 e. The van der Waals surface area contributed by atoms with E-state index in [2.05, 4.69) is 46.4 Å². The lowest BCUT2D eigenvalue weighted by molar-refractivity contribution is 0.0827. The molecule has 0 heterocycles. The molecule has 0 unspecified atom stereocenters.